The predicted octanol–water partition coefficient (Wildman–Crippen LogP) is 1.94. The van der Waals surface area contributed by atoms with Gasteiger partial charge in [0, 0.05) is 0 Å². The molecule has 0 aliphatic rings. The van der Waals surface area contributed by atoms with Gasteiger partial charge in [-0.25, -0.2) is 0 Å². The molecule has 0 spiro atoms. The molecule has 2 rings (SSSR count). The minimum atomic E-state index is -0.964. The highest BCUT2D eigenvalue weighted by atomic mass is 16.5. The minimum Gasteiger partial charge on any atom is -0.488 e. The predicted molar refractivity (Wildman–Crippen MR) is 86.2 cm³/mol. The lowest BCUT2D eigenvalue weighted by Gasteiger charge is -2.17. The molecule has 0 radical (unpaired) electrons. The summed E-state index contributed by atoms with van der Waals surface area (Å²) in [5, 5.41) is 11.9. The van der Waals surface area contributed by atoms with Gasteiger partial charge in [0.25, 0.3) is 5.91 Å². The number of benzene rings is 2. The number of aldehydes is 1. The fourth-order valence-corrected chi connectivity index (χ4v) is 2.01. The van der Waals surface area contributed by atoms with Crippen molar-refractivity contribution in [3.63, 3.8) is 0 Å². The Kier molecular flexibility index (Phi) is 5.88. The summed E-state index contributed by atoms with van der Waals surface area (Å²) < 4.78 is 5.71. The number of nitrogens with one attached hydrogen (secondary N) is 1. The summed E-state index contributed by atoms with van der Waals surface area (Å²) in [6.45, 7) is 1.77. The van der Waals surface area contributed by atoms with E-state index in [0.717, 1.165) is 5.56 Å². The molecule has 23 heavy (non-hydrogen) atoms. The fourth-order valence-electron chi connectivity index (χ4n) is 2.01. The molecule has 0 saturated carbocycles. The molecule has 0 aliphatic heterocycles. The van der Waals surface area contributed by atoms with Crippen LogP contribution in [0.25, 0.3) is 0 Å². The second-order valence-corrected chi connectivity index (χ2v) is 5.15. The summed E-state index contributed by atoms with van der Waals surface area (Å²) in [6.07, 6.45) is -0.454. The van der Waals surface area contributed by atoms with Crippen LogP contribution in [0.4, 0.5) is 0 Å². The molecule has 0 aromatic heterocycles. The number of aliphatic hydroxyl groups excluding tert-OH is 1. The van der Waals surface area contributed by atoms with Crippen LogP contribution in [-0.2, 0) is 11.4 Å². The van der Waals surface area contributed by atoms with Crippen molar-refractivity contribution in [3.8, 4) is 5.75 Å². The van der Waals surface area contributed by atoms with E-state index in [1.807, 2.05) is 30.3 Å². The molecule has 0 heterocycles. The van der Waals surface area contributed by atoms with Gasteiger partial charge in [-0.15, -0.1) is 0 Å². The number of para-hydroxylation sites is 1. The Hall–Kier alpha value is -2.66. The number of hydrogen-bond donors (Lipinski definition) is 2. The zero-order valence-corrected chi connectivity index (χ0v) is 12.8. The number of ether oxygens (including phenoxy) is 1. The van der Waals surface area contributed by atoms with Gasteiger partial charge < -0.3 is 20.0 Å². The summed E-state index contributed by atoms with van der Waals surface area (Å²) in [5.41, 5.74) is 1.30. The first-order valence-electron chi connectivity index (χ1n) is 7.32. The maximum Gasteiger partial charge on any atom is 0.255 e. The number of aliphatic hydroxyl groups is 1. The quantitative estimate of drug-likeness (QED) is 0.766. The summed E-state index contributed by atoms with van der Waals surface area (Å²) in [5.74, 6) is -0.0456. The van der Waals surface area contributed by atoms with E-state index in [1.54, 1.807) is 24.3 Å². The first-order valence-corrected chi connectivity index (χ1v) is 7.32. The SMILES string of the molecule is CC(O)C(C=O)NC(=O)c1ccccc1OCc1ccccc1. The molecule has 0 saturated heterocycles. The number of carbonyl (C=O) groups excluding carboxylic acids is 2. The summed E-state index contributed by atoms with van der Waals surface area (Å²) >= 11 is 0. The first-order chi connectivity index (χ1) is 11.1. The standard InChI is InChI=1S/C18H19NO4/c1-13(21)16(11-20)19-18(22)15-9-5-6-10-17(15)23-12-14-7-3-2-4-8-14/h2-11,13,16,21H,12H2,1H3,(H,19,22). The van der Waals surface area contributed by atoms with E-state index in [1.165, 1.54) is 6.92 Å². The van der Waals surface area contributed by atoms with Crippen molar-refractivity contribution in [2.45, 2.75) is 25.7 Å². The summed E-state index contributed by atoms with van der Waals surface area (Å²) in [7, 11) is 0. The van der Waals surface area contributed by atoms with Crippen LogP contribution in [0.3, 0.4) is 0 Å². The average molecular weight is 313 g/mol. The molecular formula is C18H19NO4. The number of amides is 1. The van der Waals surface area contributed by atoms with Gasteiger partial charge >= 0.3 is 0 Å². The van der Waals surface area contributed by atoms with Gasteiger partial charge in [0.05, 0.1) is 11.7 Å². The Bertz CT molecular complexity index is 655. The Morgan fingerprint density at radius 1 is 1.17 bits per heavy atom. The molecule has 5 nitrogen and oxygen atoms in total. The van der Waals surface area contributed by atoms with Gasteiger partial charge in [-0.05, 0) is 24.6 Å². The molecule has 120 valence electrons. The fraction of sp³-hybridized carbons (Fsp3) is 0.222. The van der Waals surface area contributed by atoms with Crippen LogP contribution >= 0.6 is 0 Å². The molecule has 0 bridgehead atoms. The Labute approximate surface area is 134 Å². The van der Waals surface area contributed by atoms with E-state index < -0.39 is 18.1 Å². The second kappa shape index (κ2) is 8.10. The van der Waals surface area contributed by atoms with Crippen LogP contribution in [0, 0.1) is 0 Å². The Balaban J connectivity index is 2.10. The van der Waals surface area contributed by atoms with Gasteiger partial charge in [-0.2, -0.15) is 0 Å². The third-order valence-corrected chi connectivity index (χ3v) is 3.33. The van der Waals surface area contributed by atoms with Crippen LogP contribution in [0.2, 0.25) is 0 Å². The van der Waals surface area contributed by atoms with Crippen molar-refractivity contribution in [1.82, 2.24) is 5.32 Å². The van der Waals surface area contributed by atoms with Crippen LogP contribution in [0.5, 0.6) is 5.75 Å². The van der Waals surface area contributed by atoms with Crippen molar-refractivity contribution in [2.24, 2.45) is 0 Å². The average Bonchev–Trinajstić information content (AvgIpc) is 2.58. The van der Waals surface area contributed by atoms with E-state index in [2.05, 4.69) is 5.32 Å². The third-order valence-electron chi connectivity index (χ3n) is 3.33. The largest absolute Gasteiger partial charge is 0.488 e. The molecule has 0 aliphatic carbocycles. The van der Waals surface area contributed by atoms with Crippen LogP contribution in [0.15, 0.2) is 54.6 Å². The molecule has 2 unspecified atom stereocenters. The molecule has 2 aromatic rings. The summed E-state index contributed by atoms with van der Waals surface area (Å²) in [6, 6.07) is 15.4. The molecule has 2 aromatic carbocycles. The highest BCUT2D eigenvalue weighted by Crippen LogP contribution is 2.19. The normalized spacial score (nSPS) is 13.0. The minimum absolute atomic E-state index is 0.316. The zero-order valence-electron chi connectivity index (χ0n) is 12.8. The van der Waals surface area contributed by atoms with Crippen LogP contribution in [0.1, 0.15) is 22.8 Å². The Morgan fingerprint density at radius 3 is 2.48 bits per heavy atom. The highest BCUT2D eigenvalue weighted by Gasteiger charge is 2.19. The van der Waals surface area contributed by atoms with E-state index in [-0.39, 0.29) is 0 Å². The molecule has 5 heteroatoms. The second-order valence-electron chi connectivity index (χ2n) is 5.15. The molecule has 2 atom stereocenters. The number of hydrogen-bond acceptors (Lipinski definition) is 4. The molecular weight excluding hydrogens is 294 g/mol. The summed E-state index contributed by atoms with van der Waals surface area (Å²) in [4.78, 5) is 23.2. The van der Waals surface area contributed by atoms with E-state index >= 15 is 0 Å². The van der Waals surface area contributed by atoms with Crippen molar-refractivity contribution in [1.29, 1.82) is 0 Å². The van der Waals surface area contributed by atoms with Gasteiger partial charge in [-0.3, -0.25) is 4.79 Å². The van der Waals surface area contributed by atoms with Crippen LogP contribution < -0.4 is 10.1 Å². The molecule has 2 N–H and O–H groups in total. The smallest absolute Gasteiger partial charge is 0.255 e. The number of rotatable bonds is 7. The van der Waals surface area contributed by atoms with Gasteiger partial charge in [-0.1, -0.05) is 42.5 Å². The van der Waals surface area contributed by atoms with Crippen molar-refractivity contribution in [2.75, 3.05) is 0 Å². The van der Waals surface area contributed by atoms with Gasteiger partial charge in [0.2, 0.25) is 0 Å². The van der Waals surface area contributed by atoms with E-state index in [0.29, 0.717) is 24.2 Å². The number of carbonyl (C=O) groups is 2. The monoisotopic (exact) mass is 313 g/mol. The highest BCUT2D eigenvalue weighted by molar-refractivity contribution is 5.98. The lowest BCUT2D eigenvalue weighted by Crippen LogP contribution is -2.43. The first kappa shape index (κ1) is 16.7. The lowest BCUT2D eigenvalue weighted by atomic mass is 10.1. The van der Waals surface area contributed by atoms with Gasteiger partial charge in [0.1, 0.15) is 24.7 Å². The van der Waals surface area contributed by atoms with Crippen LogP contribution in [-0.4, -0.2) is 29.4 Å². The Morgan fingerprint density at radius 2 is 1.83 bits per heavy atom. The maximum absolute atomic E-state index is 12.3. The van der Waals surface area contributed by atoms with Crippen molar-refractivity contribution in [3.05, 3.63) is 65.7 Å². The van der Waals surface area contributed by atoms with Crippen molar-refractivity contribution >= 4 is 12.2 Å². The maximum atomic E-state index is 12.3. The molecule has 0 fully saturated rings. The van der Waals surface area contributed by atoms with Crippen molar-refractivity contribution < 1.29 is 19.4 Å². The topological polar surface area (TPSA) is 75.6 Å². The van der Waals surface area contributed by atoms with E-state index in [4.69, 9.17) is 4.74 Å². The lowest BCUT2D eigenvalue weighted by molar-refractivity contribution is -0.111. The molecule has 1 amide bonds. The van der Waals surface area contributed by atoms with Gasteiger partial charge in [0.15, 0.2) is 0 Å². The third kappa shape index (κ3) is 4.66. The van der Waals surface area contributed by atoms with E-state index in [9.17, 15) is 14.7 Å². The zero-order chi connectivity index (χ0) is 16.7.